The number of halogens is 3. The van der Waals surface area contributed by atoms with E-state index in [1.807, 2.05) is 23.2 Å². The lowest BCUT2D eigenvalue weighted by Gasteiger charge is -2.33. The second-order valence-electron chi connectivity index (χ2n) is 9.01. The van der Waals surface area contributed by atoms with Gasteiger partial charge in [0.15, 0.2) is 5.69 Å². The van der Waals surface area contributed by atoms with Crippen molar-refractivity contribution in [1.82, 2.24) is 10.3 Å². The number of carbonyl (C=O) groups excluding carboxylic acids is 1. The van der Waals surface area contributed by atoms with E-state index in [1.165, 1.54) is 30.5 Å². The third-order valence-electron chi connectivity index (χ3n) is 6.70. The third kappa shape index (κ3) is 5.86. The lowest BCUT2D eigenvalue weighted by Crippen LogP contribution is -2.38. The largest absolute Gasteiger partial charge is 0.407 e. The molecule has 4 rings (SSSR count). The van der Waals surface area contributed by atoms with E-state index in [0.29, 0.717) is 43.4 Å². The van der Waals surface area contributed by atoms with Crippen LogP contribution >= 0.6 is 0 Å². The fraction of sp³-hybridized carbons (Fsp3) is 0.480. The number of piperidine rings is 2. The van der Waals surface area contributed by atoms with Crippen LogP contribution < -0.4 is 15.5 Å². The average molecular weight is 472 g/mol. The topological polar surface area (TPSA) is 61.6 Å². The van der Waals surface area contributed by atoms with Crippen molar-refractivity contribution in [2.24, 2.45) is 11.8 Å². The van der Waals surface area contributed by atoms with E-state index in [2.05, 4.69) is 20.5 Å². The minimum absolute atomic E-state index is 0.113. The Labute approximate surface area is 197 Å². The number of alkyl halides is 3. The molecular weight excluding hydrogens is 443 g/mol. The zero-order chi connectivity index (χ0) is 24.1. The molecule has 0 spiro atoms. The molecule has 2 aliphatic rings. The maximum absolute atomic E-state index is 13.3. The van der Waals surface area contributed by atoms with Gasteiger partial charge in [0.2, 0.25) is 5.91 Å². The summed E-state index contributed by atoms with van der Waals surface area (Å²) in [5.41, 5.74) is 0.263. The van der Waals surface area contributed by atoms with Crippen LogP contribution in [0.2, 0.25) is 0 Å². The SMILES string of the molecule is [C-]#[N+]c1ccc(N2CCC(C(=O)Nc3ccc(CC4CCNCC4)cn3)CC2)cc1C(F)(F)F. The number of pyridine rings is 1. The molecule has 0 radical (unpaired) electrons. The molecule has 2 aromatic rings. The minimum atomic E-state index is -4.58. The Bertz CT molecular complexity index is 1030. The van der Waals surface area contributed by atoms with Gasteiger partial charge in [-0.3, -0.25) is 4.79 Å². The number of hydrogen-bond acceptors (Lipinski definition) is 4. The average Bonchev–Trinajstić information content (AvgIpc) is 2.85. The van der Waals surface area contributed by atoms with Crippen molar-refractivity contribution in [3.05, 3.63) is 59.1 Å². The van der Waals surface area contributed by atoms with Crippen LogP contribution in [0.15, 0.2) is 36.5 Å². The first-order chi connectivity index (χ1) is 16.3. The second-order valence-corrected chi connectivity index (χ2v) is 9.01. The van der Waals surface area contributed by atoms with Gasteiger partial charge in [-0.2, -0.15) is 13.2 Å². The van der Waals surface area contributed by atoms with Gasteiger partial charge in [-0.25, -0.2) is 9.83 Å². The van der Waals surface area contributed by atoms with Crippen molar-refractivity contribution in [1.29, 1.82) is 0 Å². The molecule has 2 N–H and O–H groups in total. The zero-order valence-corrected chi connectivity index (χ0v) is 18.9. The number of amides is 1. The maximum Gasteiger partial charge on any atom is 0.407 e. The predicted molar refractivity (Wildman–Crippen MR) is 125 cm³/mol. The van der Waals surface area contributed by atoms with Gasteiger partial charge < -0.3 is 15.5 Å². The molecule has 2 saturated heterocycles. The first kappa shape index (κ1) is 24.0. The van der Waals surface area contributed by atoms with Crippen LogP contribution in [0, 0.1) is 18.4 Å². The summed E-state index contributed by atoms with van der Waals surface area (Å²) in [5, 5.41) is 6.25. The number of aromatic nitrogens is 1. The molecule has 6 nitrogen and oxygen atoms in total. The van der Waals surface area contributed by atoms with E-state index in [0.717, 1.165) is 25.6 Å². The molecule has 0 saturated carbocycles. The maximum atomic E-state index is 13.3. The van der Waals surface area contributed by atoms with Crippen molar-refractivity contribution in [3.63, 3.8) is 0 Å². The molecule has 0 unspecified atom stereocenters. The number of anilines is 2. The fourth-order valence-electron chi connectivity index (χ4n) is 4.71. The van der Waals surface area contributed by atoms with Gasteiger partial charge in [-0.15, -0.1) is 0 Å². The molecule has 0 aliphatic carbocycles. The highest BCUT2D eigenvalue weighted by Crippen LogP contribution is 2.39. The molecule has 180 valence electrons. The molecule has 9 heteroatoms. The van der Waals surface area contributed by atoms with Gasteiger partial charge >= 0.3 is 6.18 Å². The smallest absolute Gasteiger partial charge is 0.372 e. The van der Waals surface area contributed by atoms with Crippen molar-refractivity contribution in [2.45, 2.75) is 38.3 Å². The summed E-state index contributed by atoms with van der Waals surface area (Å²) in [6, 6.07) is 7.63. The zero-order valence-electron chi connectivity index (χ0n) is 18.9. The van der Waals surface area contributed by atoms with E-state index in [4.69, 9.17) is 6.57 Å². The number of hydrogen-bond donors (Lipinski definition) is 2. The molecule has 1 aromatic heterocycles. The molecule has 2 aliphatic heterocycles. The molecular formula is C25H28F3N5O. The molecule has 34 heavy (non-hydrogen) atoms. The third-order valence-corrected chi connectivity index (χ3v) is 6.70. The summed E-state index contributed by atoms with van der Waals surface area (Å²) in [7, 11) is 0. The molecule has 0 bridgehead atoms. The van der Waals surface area contributed by atoms with Crippen LogP contribution in [0.5, 0.6) is 0 Å². The first-order valence-electron chi connectivity index (χ1n) is 11.6. The van der Waals surface area contributed by atoms with E-state index in [-0.39, 0.29) is 11.8 Å². The summed E-state index contributed by atoms with van der Waals surface area (Å²) in [6.07, 6.45) is 1.64. The Morgan fingerprint density at radius 1 is 1.15 bits per heavy atom. The monoisotopic (exact) mass is 471 g/mol. The molecule has 1 amide bonds. The summed E-state index contributed by atoms with van der Waals surface area (Å²) in [5.74, 6) is 0.846. The normalized spacial score (nSPS) is 17.9. The van der Waals surface area contributed by atoms with Crippen LogP contribution in [0.25, 0.3) is 4.85 Å². The van der Waals surface area contributed by atoms with Crippen molar-refractivity contribution in [2.75, 3.05) is 36.4 Å². The van der Waals surface area contributed by atoms with Crippen LogP contribution in [-0.4, -0.2) is 37.1 Å². The second kappa shape index (κ2) is 10.4. The van der Waals surface area contributed by atoms with Crippen molar-refractivity contribution >= 4 is 23.1 Å². The lowest BCUT2D eigenvalue weighted by molar-refractivity contribution is -0.136. The van der Waals surface area contributed by atoms with Gasteiger partial charge in [-0.1, -0.05) is 12.1 Å². The minimum Gasteiger partial charge on any atom is -0.372 e. The number of benzene rings is 1. The molecule has 2 fully saturated rings. The van der Waals surface area contributed by atoms with E-state index < -0.39 is 17.4 Å². The van der Waals surface area contributed by atoms with Crippen LogP contribution in [-0.2, 0) is 17.4 Å². The Morgan fingerprint density at radius 2 is 1.88 bits per heavy atom. The standard InChI is InChI=1S/C25H28F3N5O/c1-29-22-4-3-20(15-21(22)25(26,27)28)33-12-8-19(9-13-33)24(34)32-23-5-2-18(16-31-23)14-17-6-10-30-11-7-17/h2-5,15-17,19,30H,6-14H2,(H,31,32,34). The quantitative estimate of drug-likeness (QED) is 0.600. The Hall–Kier alpha value is -3.12. The van der Waals surface area contributed by atoms with Gasteiger partial charge in [-0.05, 0) is 74.9 Å². The Balaban J connectivity index is 1.30. The van der Waals surface area contributed by atoms with Gasteiger partial charge in [0, 0.05) is 30.9 Å². The van der Waals surface area contributed by atoms with Gasteiger partial charge in [0.25, 0.3) is 0 Å². The highest BCUT2D eigenvalue weighted by atomic mass is 19.4. The van der Waals surface area contributed by atoms with Crippen LogP contribution in [0.4, 0.5) is 30.4 Å². The summed E-state index contributed by atoms with van der Waals surface area (Å²) in [4.78, 5) is 21.9. The predicted octanol–water partition coefficient (Wildman–Crippen LogP) is 5.05. The highest BCUT2D eigenvalue weighted by molar-refractivity contribution is 5.91. The van der Waals surface area contributed by atoms with Crippen LogP contribution in [0.3, 0.4) is 0 Å². The summed E-state index contributed by atoms with van der Waals surface area (Å²) < 4.78 is 39.8. The fourth-order valence-corrected chi connectivity index (χ4v) is 4.71. The number of rotatable bonds is 5. The number of carbonyl (C=O) groups is 1. The molecule has 1 aromatic carbocycles. The molecule has 3 heterocycles. The van der Waals surface area contributed by atoms with Crippen molar-refractivity contribution < 1.29 is 18.0 Å². The lowest BCUT2D eigenvalue weighted by atomic mass is 9.92. The number of nitrogens with zero attached hydrogens (tertiary/aromatic N) is 3. The summed E-state index contributed by atoms with van der Waals surface area (Å²) >= 11 is 0. The Morgan fingerprint density at radius 3 is 2.50 bits per heavy atom. The van der Waals surface area contributed by atoms with Gasteiger partial charge in [0.05, 0.1) is 12.1 Å². The summed E-state index contributed by atoms with van der Waals surface area (Å²) in [6.45, 7) is 10.0. The highest BCUT2D eigenvalue weighted by Gasteiger charge is 2.34. The van der Waals surface area contributed by atoms with E-state index in [9.17, 15) is 18.0 Å². The van der Waals surface area contributed by atoms with E-state index >= 15 is 0 Å². The molecule has 0 atom stereocenters. The first-order valence-corrected chi connectivity index (χ1v) is 11.6. The Kier molecular flexibility index (Phi) is 7.37. The number of nitrogens with one attached hydrogen (secondary N) is 2. The van der Waals surface area contributed by atoms with Crippen LogP contribution in [0.1, 0.15) is 36.8 Å². The van der Waals surface area contributed by atoms with E-state index in [1.54, 1.807) is 0 Å². The van der Waals surface area contributed by atoms with Gasteiger partial charge in [0.1, 0.15) is 5.82 Å². The van der Waals surface area contributed by atoms with Crippen molar-refractivity contribution in [3.8, 4) is 0 Å².